The summed E-state index contributed by atoms with van der Waals surface area (Å²) in [7, 11) is -1.80. The number of aryl methyl sites for hydroxylation is 3. The zero-order chi connectivity index (χ0) is 21.7. The molecule has 1 fully saturated rings. The first kappa shape index (κ1) is 22.6. The molecule has 1 heterocycles. The Balaban J connectivity index is 1.44. The van der Waals surface area contributed by atoms with E-state index in [0.717, 1.165) is 61.6 Å². The molecule has 0 bridgehead atoms. The molecular weight excluding hydrogens is 398 g/mol. The fourth-order valence-corrected chi connectivity index (χ4v) is 5.72. The van der Waals surface area contributed by atoms with Gasteiger partial charge in [-0.3, -0.25) is 4.90 Å². The Bertz CT molecular complexity index is 927. The van der Waals surface area contributed by atoms with E-state index in [1.54, 1.807) is 7.11 Å². The summed E-state index contributed by atoms with van der Waals surface area (Å²) in [6.07, 6.45) is 0.797. The van der Waals surface area contributed by atoms with Crippen molar-refractivity contribution in [3.05, 3.63) is 53.1 Å². The van der Waals surface area contributed by atoms with E-state index in [4.69, 9.17) is 4.74 Å². The maximum absolute atomic E-state index is 12.7. The van der Waals surface area contributed by atoms with E-state index in [0.29, 0.717) is 11.4 Å². The van der Waals surface area contributed by atoms with Gasteiger partial charge in [0.25, 0.3) is 0 Å². The van der Waals surface area contributed by atoms with Crippen molar-refractivity contribution in [2.24, 2.45) is 0 Å². The molecule has 0 aliphatic carbocycles. The summed E-state index contributed by atoms with van der Waals surface area (Å²) in [6, 6.07) is 12.0. The summed E-state index contributed by atoms with van der Waals surface area (Å²) < 4.78 is 33.5. The molecule has 0 saturated carbocycles. The van der Waals surface area contributed by atoms with Gasteiger partial charge in [0.05, 0.1) is 12.0 Å². The topological polar surface area (TPSA) is 61.9 Å². The number of ether oxygens (including phenoxy) is 1. The van der Waals surface area contributed by atoms with Gasteiger partial charge in [0.1, 0.15) is 5.75 Å². The predicted molar refractivity (Wildman–Crippen MR) is 122 cm³/mol. The molecule has 0 aromatic heterocycles. The average Bonchev–Trinajstić information content (AvgIpc) is 2.71. The van der Waals surface area contributed by atoms with Gasteiger partial charge in [-0.1, -0.05) is 17.7 Å². The Labute approximate surface area is 180 Å². The molecule has 164 valence electrons. The Kier molecular flexibility index (Phi) is 7.39. The number of rotatable bonds is 8. The van der Waals surface area contributed by atoms with Crippen molar-refractivity contribution < 1.29 is 13.2 Å². The highest BCUT2D eigenvalue weighted by molar-refractivity contribution is 7.89. The SMILES string of the molecule is COc1ccc(N2CCN(CCCNS(=O)(=O)c3c(C)cc(C)cc3C)CC2)cc1. The average molecular weight is 432 g/mol. The molecule has 3 rings (SSSR count). The van der Waals surface area contributed by atoms with Crippen LogP contribution >= 0.6 is 0 Å². The van der Waals surface area contributed by atoms with E-state index in [1.165, 1.54) is 5.69 Å². The van der Waals surface area contributed by atoms with Gasteiger partial charge in [-0.05, 0) is 69.1 Å². The third-order valence-electron chi connectivity index (χ3n) is 5.63. The van der Waals surface area contributed by atoms with E-state index in [-0.39, 0.29) is 0 Å². The zero-order valence-corrected chi connectivity index (χ0v) is 19.3. The van der Waals surface area contributed by atoms with Crippen molar-refractivity contribution in [3.63, 3.8) is 0 Å². The normalized spacial score (nSPS) is 15.4. The second-order valence-corrected chi connectivity index (χ2v) is 9.71. The minimum atomic E-state index is -3.48. The van der Waals surface area contributed by atoms with Crippen LogP contribution < -0.4 is 14.4 Å². The van der Waals surface area contributed by atoms with E-state index in [9.17, 15) is 8.42 Å². The number of piperazine rings is 1. The Morgan fingerprint density at radius 1 is 0.967 bits per heavy atom. The summed E-state index contributed by atoms with van der Waals surface area (Å²) in [5.74, 6) is 0.871. The van der Waals surface area contributed by atoms with Gasteiger partial charge >= 0.3 is 0 Å². The third-order valence-corrected chi connectivity index (χ3v) is 7.39. The van der Waals surface area contributed by atoms with Gasteiger partial charge in [-0.25, -0.2) is 13.1 Å². The lowest BCUT2D eigenvalue weighted by Gasteiger charge is -2.36. The second-order valence-electron chi connectivity index (χ2n) is 8.01. The first-order chi connectivity index (χ1) is 14.3. The molecule has 6 nitrogen and oxygen atoms in total. The summed E-state index contributed by atoms with van der Waals surface area (Å²) >= 11 is 0. The van der Waals surface area contributed by atoms with Crippen LogP contribution in [0.2, 0.25) is 0 Å². The summed E-state index contributed by atoms with van der Waals surface area (Å²) in [6.45, 7) is 11.0. The van der Waals surface area contributed by atoms with Gasteiger partial charge in [0.2, 0.25) is 10.0 Å². The summed E-state index contributed by atoms with van der Waals surface area (Å²) in [5, 5.41) is 0. The molecule has 30 heavy (non-hydrogen) atoms. The van der Waals surface area contributed by atoms with Crippen LogP contribution in [0.1, 0.15) is 23.1 Å². The van der Waals surface area contributed by atoms with Crippen LogP contribution in [-0.4, -0.2) is 59.7 Å². The van der Waals surface area contributed by atoms with Gasteiger partial charge in [0, 0.05) is 38.4 Å². The lowest BCUT2D eigenvalue weighted by molar-refractivity contribution is 0.255. The molecule has 0 unspecified atom stereocenters. The minimum absolute atomic E-state index is 0.418. The minimum Gasteiger partial charge on any atom is -0.497 e. The Hall–Kier alpha value is -2.09. The molecule has 1 aliphatic rings. The van der Waals surface area contributed by atoms with Crippen LogP contribution in [0.15, 0.2) is 41.3 Å². The summed E-state index contributed by atoms with van der Waals surface area (Å²) in [5.41, 5.74) is 3.90. The van der Waals surface area contributed by atoms with Crippen LogP contribution in [0.25, 0.3) is 0 Å². The van der Waals surface area contributed by atoms with Crippen LogP contribution in [0.5, 0.6) is 5.75 Å². The monoisotopic (exact) mass is 431 g/mol. The van der Waals surface area contributed by atoms with Crippen molar-refractivity contribution in [3.8, 4) is 5.75 Å². The van der Waals surface area contributed by atoms with Crippen molar-refractivity contribution in [2.45, 2.75) is 32.1 Å². The smallest absolute Gasteiger partial charge is 0.241 e. The van der Waals surface area contributed by atoms with Crippen molar-refractivity contribution in [1.29, 1.82) is 0 Å². The van der Waals surface area contributed by atoms with E-state index in [1.807, 2.05) is 45.0 Å². The largest absolute Gasteiger partial charge is 0.497 e. The molecule has 0 atom stereocenters. The zero-order valence-electron chi connectivity index (χ0n) is 18.4. The number of hydrogen-bond donors (Lipinski definition) is 1. The number of nitrogens with one attached hydrogen (secondary N) is 1. The highest BCUT2D eigenvalue weighted by atomic mass is 32.2. The highest BCUT2D eigenvalue weighted by Crippen LogP contribution is 2.22. The number of hydrogen-bond acceptors (Lipinski definition) is 5. The number of methoxy groups -OCH3 is 1. The van der Waals surface area contributed by atoms with E-state index >= 15 is 0 Å². The molecule has 0 amide bonds. The van der Waals surface area contributed by atoms with E-state index < -0.39 is 10.0 Å². The quantitative estimate of drug-likeness (QED) is 0.651. The number of benzene rings is 2. The molecule has 1 N–H and O–H groups in total. The van der Waals surface area contributed by atoms with Crippen molar-refractivity contribution in [1.82, 2.24) is 9.62 Å². The maximum atomic E-state index is 12.7. The van der Waals surface area contributed by atoms with Crippen LogP contribution in [-0.2, 0) is 10.0 Å². The highest BCUT2D eigenvalue weighted by Gasteiger charge is 2.20. The molecule has 2 aromatic carbocycles. The van der Waals surface area contributed by atoms with Crippen molar-refractivity contribution >= 4 is 15.7 Å². The Morgan fingerprint density at radius 3 is 2.13 bits per heavy atom. The molecule has 0 spiro atoms. The maximum Gasteiger partial charge on any atom is 0.241 e. The lowest BCUT2D eigenvalue weighted by Crippen LogP contribution is -2.47. The molecule has 1 aliphatic heterocycles. The van der Waals surface area contributed by atoms with Crippen molar-refractivity contribution in [2.75, 3.05) is 51.3 Å². The third kappa shape index (κ3) is 5.53. The number of sulfonamides is 1. The molecule has 2 aromatic rings. The van der Waals surface area contributed by atoms with Gasteiger partial charge < -0.3 is 9.64 Å². The van der Waals surface area contributed by atoms with Crippen LogP contribution in [0.3, 0.4) is 0 Å². The van der Waals surface area contributed by atoms with Crippen LogP contribution in [0.4, 0.5) is 5.69 Å². The first-order valence-electron chi connectivity index (χ1n) is 10.5. The Morgan fingerprint density at radius 2 is 1.57 bits per heavy atom. The van der Waals surface area contributed by atoms with E-state index in [2.05, 4.69) is 26.7 Å². The predicted octanol–water partition coefficient (Wildman–Crippen LogP) is 3.11. The van der Waals surface area contributed by atoms with Gasteiger partial charge in [-0.2, -0.15) is 0 Å². The molecule has 1 saturated heterocycles. The van der Waals surface area contributed by atoms with Gasteiger partial charge in [0.15, 0.2) is 0 Å². The molecule has 7 heteroatoms. The molecular formula is C23H33N3O3S. The number of anilines is 1. The fraction of sp³-hybridized carbons (Fsp3) is 0.478. The standard InChI is InChI=1S/C23H33N3O3S/c1-18-16-19(2)23(20(3)17-18)30(27,28)24-10-5-11-25-12-14-26(15-13-25)21-6-8-22(29-4)9-7-21/h6-9,16-17,24H,5,10-15H2,1-4H3. The van der Waals surface area contributed by atoms with Gasteiger partial charge in [-0.15, -0.1) is 0 Å². The summed E-state index contributed by atoms with van der Waals surface area (Å²) in [4.78, 5) is 5.19. The van der Waals surface area contributed by atoms with Crippen LogP contribution in [0, 0.1) is 20.8 Å². The second kappa shape index (κ2) is 9.81. The fourth-order valence-electron chi connectivity index (χ4n) is 4.19. The lowest BCUT2D eigenvalue weighted by atomic mass is 10.1. The molecule has 0 radical (unpaired) electrons. The first-order valence-corrected chi connectivity index (χ1v) is 12.0. The number of nitrogens with zero attached hydrogens (tertiary/aromatic N) is 2.